The average Bonchev–Trinajstić information content (AvgIpc) is 3.32. The van der Waals surface area contributed by atoms with Gasteiger partial charge in [-0.15, -0.1) is 0 Å². The monoisotopic (exact) mass is 480 g/mol. The molecule has 0 bridgehead atoms. The van der Waals surface area contributed by atoms with Crippen LogP contribution in [0.4, 0.5) is 8.78 Å². The number of nitrogens with zero attached hydrogens (tertiary/aromatic N) is 3. The van der Waals surface area contributed by atoms with Crippen molar-refractivity contribution in [2.24, 2.45) is 11.7 Å². The SMILES string of the molecule is C.CN1C(=O)c2c(O)c(=O)ccn2N(C23c4cccc(F)c4CC2Cc2c(F)cccc23)C1CN. The molecule has 1 atom stereocenters. The number of amides is 1. The standard InChI is InChI=1S/C25H22F2N4O3.CH4/c1-29-21(12-28)31(30-9-8-20(32)23(33)22(30)24(29)34)25-13(10-14-16(25)4-2-6-18(14)26)11-15-17(25)5-3-7-19(15)27;/h2-9,13,21,33H,10-12,28H2,1H3;1H4. The minimum Gasteiger partial charge on any atom is -0.502 e. The highest BCUT2D eigenvalue weighted by Crippen LogP contribution is 2.58. The maximum Gasteiger partial charge on any atom is 0.277 e. The summed E-state index contributed by atoms with van der Waals surface area (Å²) >= 11 is 0. The quantitative estimate of drug-likeness (QED) is 0.588. The van der Waals surface area contributed by atoms with Gasteiger partial charge in [-0.1, -0.05) is 31.7 Å². The molecular weight excluding hydrogens is 454 g/mol. The van der Waals surface area contributed by atoms with E-state index in [9.17, 15) is 14.7 Å². The van der Waals surface area contributed by atoms with E-state index in [-0.39, 0.29) is 37.2 Å². The predicted octanol–water partition coefficient (Wildman–Crippen LogP) is 2.45. The van der Waals surface area contributed by atoms with Gasteiger partial charge < -0.3 is 15.7 Å². The second-order valence-corrected chi connectivity index (χ2v) is 9.10. The molecule has 7 nitrogen and oxygen atoms in total. The molecule has 9 heteroatoms. The number of nitrogens with two attached hydrogens (primary N) is 1. The van der Waals surface area contributed by atoms with Crippen LogP contribution in [0.3, 0.4) is 0 Å². The molecule has 1 amide bonds. The van der Waals surface area contributed by atoms with E-state index < -0.39 is 28.8 Å². The lowest BCUT2D eigenvalue weighted by Crippen LogP contribution is -2.69. The third-order valence-electron chi connectivity index (χ3n) is 7.66. The van der Waals surface area contributed by atoms with Gasteiger partial charge in [0, 0.05) is 31.8 Å². The van der Waals surface area contributed by atoms with Gasteiger partial charge in [0.1, 0.15) is 23.3 Å². The molecule has 3 N–H and O–H groups in total. The molecule has 2 aliphatic carbocycles. The highest BCUT2D eigenvalue weighted by Gasteiger charge is 2.61. The smallest absolute Gasteiger partial charge is 0.277 e. The van der Waals surface area contributed by atoms with Crippen molar-refractivity contribution in [2.45, 2.75) is 32.0 Å². The van der Waals surface area contributed by atoms with Crippen LogP contribution in [0.15, 0.2) is 53.5 Å². The summed E-state index contributed by atoms with van der Waals surface area (Å²) in [5.41, 5.74) is 6.60. The fourth-order valence-corrected chi connectivity index (χ4v) is 6.29. The summed E-state index contributed by atoms with van der Waals surface area (Å²) < 4.78 is 31.6. The molecule has 182 valence electrons. The third-order valence-corrected chi connectivity index (χ3v) is 7.66. The summed E-state index contributed by atoms with van der Waals surface area (Å²) in [6, 6.07) is 10.9. The number of carbonyl (C=O) groups is 1. The van der Waals surface area contributed by atoms with Crippen LogP contribution in [0.1, 0.15) is 40.2 Å². The van der Waals surface area contributed by atoms with Crippen molar-refractivity contribution in [1.82, 2.24) is 9.58 Å². The predicted molar refractivity (Wildman–Crippen MR) is 127 cm³/mol. The van der Waals surface area contributed by atoms with Crippen LogP contribution in [0, 0.1) is 17.6 Å². The molecule has 0 saturated carbocycles. The Morgan fingerprint density at radius 3 is 2.14 bits per heavy atom. The maximum atomic E-state index is 15.1. The number of likely N-dealkylation sites (N-methyl/N-ethyl adjacent to an activating group) is 1. The van der Waals surface area contributed by atoms with Gasteiger partial charge in [0.25, 0.3) is 5.91 Å². The Balaban J connectivity index is 0.00000253. The normalized spacial score (nSPS) is 23.9. The summed E-state index contributed by atoms with van der Waals surface area (Å²) in [6.07, 6.45) is 1.44. The largest absolute Gasteiger partial charge is 0.502 e. The average molecular weight is 481 g/mol. The van der Waals surface area contributed by atoms with Gasteiger partial charge in [0.05, 0.1) is 0 Å². The van der Waals surface area contributed by atoms with E-state index in [1.807, 2.05) is 17.1 Å². The first-order valence-electron chi connectivity index (χ1n) is 11.1. The van der Waals surface area contributed by atoms with Crippen LogP contribution in [0.25, 0.3) is 0 Å². The Hall–Kier alpha value is -3.72. The lowest BCUT2D eigenvalue weighted by molar-refractivity contribution is 0.0571. The molecule has 3 aromatic rings. The number of rotatable bonds is 2. The molecular formula is C26H26F2N4O3. The maximum absolute atomic E-state index is 15.1. The fourth-order valence-electron chi connectivity index (χ4n) is 6.29. The van der Waals surface area contributed by atoms with E-state index in [0.29, 0.717) is 35.1 Å². The zero-order valence-electron chi connectivity index (χ0n) is 18.3. The molecule has 0 saturated heterocycles. The molecule has 0 radical (unpaired) electrons. The molecule has 3 aliphatic rings. The van der Waals surface area contributed by atoms with Crippen molar-refractivity contribution in [3.8, 4) is 5.75 Å². The van der Waals surface area contributed by atoms with E-state index in [1.54, 1.807) is 19.2 Å². The van der Waals surface area contributed by atoms with Gasteiger partial charge >= 0.3 is 0 Å². The first-order chi connectivity index (χ1) is 16.3. The Labute approximate surface area is 201 Å². The minimum absolute atomic E-state index is 0. The second-order valence-electron chi connectivity index (χ2n) is 9.10. The van der Waals surface area contributed by atoms with Crippen molar-refractivity contribution < 1.29 is 18.7 Å². The van der Waals surface area contributed by atoms with Crippen molar-refractivity contribution in [3.63, 3.8) is 0 Å². The second kappa shape index (κ2) is 7.64. The van der Waals surface area contributed by atoms with Gasteiger partial charge in [-0.3, -0.25) is 19.3 Å². The minimum atomic E-state index is -1.08. The van der Waals surface area contributed by atoms with Gasteiger partial charge in [0.2, 0.25) is 5.43 Å². The Morgan fingerprint density at radius 1 is 1.03 bits per heavy atom. The lowest BCUT2D eigenvalue weighted by atomic mass is 9.81. The zero-order chi connectivity index (χ0) is 23.9. The summed E-state index contributed by atoms with van der Waals surface area (Å²) in [6.45, 7) is 0.0122. The number of halogens is 2. The summed E-state index contributed by atoms with van der Waals surface area (Å²) in [4.78, 5) is 26.8. The Kier molecular flexibility index (Phi) is 5.03. The first-order valence-corrected chi connectivity index (χ1v) is 11.1. The molecule has 6 rings (SSSR count). The number of pyridine rings is 1. The Bertz CT molecular complexity index is 1380. The van der Waals surface area contributed by atoms with E-state index in [1.165, 1.54) is 34.0 Å². The third kappa shape index (κ3) is 2.67. The number of benzene rings is 2. The summed E-state index contributed by atoms with van der Waals surface area (Å²) in [5.74, 6) is -2.21. The van der Waals surface area contributed by atoms with Gasteiger partial charge in [-0.25, -0.2) is 8.78 Å². The van der Waals surface area contributed by atoms with Gasteiger partial charge in [0.15, 0.2) is 11.4 Å². The van der Waals surface area contributed by atoms with Gasteiger partial charge in [-0.05, 0) is 47.2 Å². The topological polar surface area (TPSA) is 91.8 Å². The number of carbonyl (C=O) groups excluding carboxylic acids is 1. The highest BCUT2D eigenvalue weighted by atomic mass is 19.1. The van der Waals surface area contributed by atoms with E-state index in [2.05, 4.69) is 0 Å². The molecule has 2 aromatic carbocycles. The van der Waals surface area contributed by atoms with Crippen LogP contribution in [-0.4, -0.2) is 40.3 Å². The molecule has 1 unspecified atom stereocenters. The molecule has 35 heavy (non-hydrogen) atoms. The summed E-state index contributed by atoms with van der Waals surface area (Å²) in [5, 5.41) is 12.4. The lowest BCUT2D eigenvalue weighted by Gasteiger charge is -2.54. The zero-order valence-corrected chi connectivity index (χ0v) is 18.3. The van der Waals surface area contributed by atoms with E-state index in [0.717, 1.165) is 0 Å². The van der Waals surface area contributed by atoms with Crippen molar-refractivity contribution in [1.29, 1.82) is 0 Å². The number of fused-ring (bicyclic) bond motifs is 6. The van der Waals surface area contributed by atoms with Gasteiger partial charge in [-0.2, -0.15) is 0 Å². The highest BCUT2D eigenvalue weighted by molar-refractivity contribution is 5.96. The Morgan fingerprint density at radius 2 is 1.60 bits per heavy atom. The number of aromatic hydroxyl groups is 1. The van der Waals surface area contributed by atoms with Crippen LogP contribution in [-0.2, 0) is 18.4 Å². The first kappa shape index (κ1) is 23.0. The van der Waals surface area contributed by atoms with Crippen molar-refractivity contribution in [2.75, 3.05) is 18.6 Å². The van der Waals surface area contributed by atoms with Crippen LogP contribution >= 0.6 is 0 Å². The molecule has 2 heterocycles. The number of hydrogen-bond donors (Lipinski definition) is 2. The van der Waals surface area contributed by atoms with E-state index >= 15 is 8.78 Å². The van der Waals surface area contributed by atoms with Crippen LogP contribution < -0.4 is 16.2 Å². The number of aromatic nitrogens is 1. The summed E-state index contributed by atoms with van der Waals surface area (Å²) in [7, 11) is 1.54. The number of hydrogen-bond acceptors (Lipinski definition) is 5. The fraction of sp³-hybridized carbons (Fsp3) is 0.308. The molecule has 0 fully saturated rings. The molecule has 0 spiro atoms. The van der Waals surface area contributed by atoms with E-state index in [4.69, 9.17) is 5.73 Å². The van der Waals surface area contributed by atoms with Crippen LogP contribution in [0.2, 0.25) is 0 Å². The molecule has 1 aliphatic heterocycles. The molecule has 1 aromatic heterocycles. The van der Waals surface area contributed by atoms with Crippen molar-refractivity contribution in [3.05, 3.63) is 98.5 Å². The van der Waals surface area contributed by atoms with Crippen molar-refractivity contribution >= 4 is 5.91 Å². The van der Waals surface area contributed by atoms with Crippen LogP contribution in [0.5, 0.6) is 5.75 Å².